The van der Waals surface area contributed by atoms with E-state index < -0.39 is 0 Å². The molecule has 0 heteroatoms. The molecular weight excluding hydrogens is 144 g/mol. The van der Waals surface area contributed by atoms with Crippen LogP contribution in [0.5, 0.6) is 0 Å². The van der Waals surface area contributed by atoms with Crippen molar-refractivity contribution in [2.45, 2.75) is 47.5 Å². The van der Waals surface area contributed by atoms with Crippen molar-refractivity contribution < 1.29 is 0 Å². The minimum Gasteiger partial charge on any atom is -0.0730 e. The Labute approximate surface area is 77.4 Å². The van der Waals surface area contributed by atoms with Gasteiger partial charge in [0.05, 0.1) is 0 Å². The maximum Gasteiger partial charge on any atom is -0.0257 e. The second-order valence-corrected chi connectivity index (χ2v) is 3.41. The number of hydrogen-bond acceptors (Lipinski definition) is 0. The van der Waals surface area contributed by atoms with E-state index in [2.05, 4.69) is 32.9 Å². The van der Waals surface area contributed by atoms with Crippen LogP contribution in [-0.4, -0.2) is 0 Å². The lowest BCUT2D eigenvalue weighted by molar-refractivity contribution is 0.700. The molecule has 0 unspecified atom stereocenters. The zero-order valence-corrected chi connectivity index (χ0v) is 9.15. The Morgan fingerprint density at radius 3 is 2.00 bits per heavy atom. The molecular formula is C12H22. The van der Waals surface area contributed by atoms with Gasteiger partial charge < -0.3 is 0 Å². The SMILES string of the molecule is CC.CC1=CC=C(C(C)C)CC1. The maximum absolute atomic E-state index is 2.28. The van der Waals surface area contributed by atoms with Crippen LogP contribution in [0.4, 0.5) is 0 Å². The van der Waals surface area contributed by atoms with Crippen LogP contribution < -0.4 is 0 Å². The molecule has 0 fully saturated rings. The highest BCUT2D eigenvalue weighted by Gasteiger charge is 2.05. The van der Waals surface area contributed by atoms with E-state index in [1.807, 2.05) is 13.8 Å². The summed E-state index contributed by atoms with van der Waals surface area (Å²) in [6.07, 6.45) is 7.08. The predicted molar refractivity (Wildman–Crippen MR) is 57.3 cm³/mol. The van der Waals surface area contributed by atoms with Crippen molar-refractivity contribution in [1.82, 2.24) is 0 Å². The van der Waals surface area contributed by atoms with E-state index in [1.54, 1.807) is 5.57 Å². The molecule has 0 heterocycles. The van der Waals surface area contributed by atoms with Crippen LogP contribution in [0.1, 0.15) is 47.5 Å². The zero-order valence-electron chi connectivity index (χ0n) is 9.15. The fourth-order valence-corrected chi connectivity index (χ4v) is 1.24. The van der Waals surface area contributed by atoms with Crippen molar-refractivity contribution in [3.63, 3.8) is 0 Å². The van der Waals surface area contributed by atoms with Crippen LogP contribution in [0.3, 0.4) is 0 Å². The van der Waals surface area contributed by atoms with Crippen LogP contribution in [-0.2, 0) is 0 Å². The Balaban J connectivity index is 0.000000561. The van der Waals surface area contributed by atoms with Gasteiger partial charge in [0.1, 0.15) is 0 Å². The van der Waals surface area contributed by atoms with E-state index in [0.717, 1.165) is 5.92 Å². The third-order valence-corrected chi connectivity index (χ3v) is 2.13. The Morgan fingerprint density at radius 2 is 1.67 bits per heavy atom. The molecule has 0 aromatic rings. The summed E-state index contributed by atoms with van der Waals surface area (Å²) >= 11 is 0. The van der Waals surface area contributed by atoms with E-state index in [-0.39, 0.29) is 0 Å². The first-order valence-corrected chi connectivity index (χ1v) is 5.06. The Hall–Kier alpha value is -0.520. The van der Waals surface area contributed by atoms with E-state index in [4.69, 9.17) is 0 Å². The average molecular weight is 166 g/mol. The molecule has 1 aliphatic carbocycles. The fraction of sp³-hybridized carbons (Fsp3) is 0.667. The Kier molecular flexibility index (Phi) is 5.79. The largest absolute Gasteiger partial charge is 0.0730 e. The van der Waals surface area contributed by atoms with Crippen molar-refractivity contribution >= 4 is 0 Å². The average Bonchev–Trinajstić information content (AvgIpc) is 2.09. The topological polar surface area (TPSA) is 0 Å². The number of allylic oxidation sites excluding steroid dienone is 4. The minimum atomic E-state index is 0.740. The third kappa shape index (κ3) is 3.75. The van der Waals surface area contributed by atoms with Crippen LogP contribution in [0.15, 0.2) is 23.3 Å². The van der Waals surface area contributed by atoms with Crippen molar-refractivity contribution in [2.75, 3.05) is 0 Å². The van der Waals surface area contributed by atoms with Gasteiger partial charge in [0.25, 0.3) is 0 Å². The second-order valence-electron chi connectivity index (χ2n) is 3.41. The van der Waals surface area contributed by atoms with Crippen LogP contribution in [0.25, 0.3) is 0 Å². The van der Waals surface area contributed by atoms with E-state index >= 15 is 0 Å². The Bertz CT molecular complexity index is 170. The summed E-state index contributed by atoms with van der Waals surface area (Å²) in [5, 5.41) is 0. The fourth-order valence-electron chi connectivity index (χ4n) is 1.24. The van der Waals surface area contributed by atoms with E-state index in [9.17, 15) is 0 Å². The van der Waals surface area contributed by atoms with E-state index in [1.165, 1.54) is 18.4 Å². The molecule has 0 N–H and O–H groups in total. The monoisotopic (exact) mass is 166 g/mol. The lowest BCUT2D eigenvalue weighted by Crippen LogP contribution is -1.97. The molecule has 70 valence electrons. The summed E-state index contributed by atoms with van der Waals surface area (Å²) in [6, 6.07) is 0. The minimum absolute atomic E-state index is 0.740. The quantitative estimate of drug-likeness (QED) is 0.543. The molecule has 12 heavy (non-hydrogen) atoms. The third-order valence-electron chi connectivity index (χ3n) is 2.13. The standard InChI is InChI=1S/C10H16.C2H6/c1-8(2)10-6-4-9(3)5-7-10;1-2/h4,6,8H,5,7H2,1-3H3;1-2H3. The highest BCUT2D eigenvalue weighted by Crippen LogP contribution is 2.23. The van der Waals surface area contributed by atoms with Gasteiger partial charge in [-0.1, -0.05) is 51.0 Å². The summed E-state index contributed by atoms with van der Waals surface area (Å²) in [5.74, 6) is 0.740. The van der Waals surface area contributed by atoms with E-state index in [0.29, 0.717) is 0 Å². The summed E-state index contributed by atoms with van der Waals surface area (Å²) in [6.45, 7) is 10.7. The van der Waals surface area contributed by atoms with Gasteiger partial charge in [-0.05, 0) is 25.7 Å². The van der Waals surface area contributed by atoms with Gasteiger partial charge in [-0.25, -0.2) is 0 Å². The van der Waals surface area contributed by atoms with Crippen LogP contribution >= 0.6 is 0 Å². The maximum atomic E-state index is 2.28. The Morgan fingerprint density at radius 1 is 1.08 bits per heavy atom. The van der Waals surface area contributed by atoms with Gasteiger partial charge in [0, 0.05) is 0 Å². The van der Waals surface area contributed by atoms with Gasteiger partial charge in [-0.3, -0.25) is 0 Å². The van der Waals surface area contributed by atoms with Crippen molar-refractivity contribution in [3.05, 3.63) is 23.3 Å². The highest BCUT2D eigenvalue weighted by atomic mass is 14.1. The van der Waals surface area contributed by atoms with Crippen molar-refractivity contribution in [3.8, 4) is 0 Å². The van der Waals surface area contributed by atoms with Crippen molar-refractivity contribution in [2.24, 2.45) is 5.92 Å². The second kappa shape index (κ2) is 6.05. The number of rotatable bonds is 1. The number of hydrogen-bond donors (Lipinski definition) is 0. The smallest absolute Gasteiger partial charge is 0.0257 e. The van der Waals surface area contributed by atoms with Crippen LogP contribution in [0.2, 0.25) is 0 Å². The normalized spacial score (nSPS) is 16.2. The van der Waals surface area contributed by atoms with Gasteiger partial charge in [0.2, 0.25) is 0 Å². The van der Waals surface area contributed by atoms with Gasteiger partial charge in [-0.15, -0.1) is 0 Å². The molecule has 0 radical (unpaired) electrons. The predicted octanol–water partition coefficient (Wildman–Crippen LogP) is 4.34. The first-order valence-electron chi connectivity index (χ1n) is 5.06. The van der Waals surface area contributed by atoms with Gasteiger partial charge in [0.15, 0.2) is 0 Å². The molecule has 0 saturated carbocycles. The zero-order chi connectivity index (χ0) is 9.56. The molecule has 0 atom stereocenters. The molecule has 0 spiro atoms. The van der Waals surface area contributed by atoms with Crippen molar-refractivity contribution in [1.29, 1.82) is 0 Å². The first kappa shape index (κ1) is 11.5. The summed E-state index contributed by atoms with van der Waals surface area (Å²) in [4.78, 5) is 0. The first-order chi connectivity index (χ1) is 5.70. The molecule has 0 nitrogen and oxygen atoms in total. The lowest BCUT2D eigenvalue weighted by Gasteiger charge is -2.14. The summed E-state index contributed by atoms with van der Waals surface area (Å²) < 4.78 is 0. The molecule has 0 aromatic carbocycles. The molecule has 0 aromatic heterocycles. The van der Waals surface area contributed by atoms with Crippen LogP contribution in [0, 0.1) is 5.92 Å². The molecule has 0 aliphatic heterocycles. The lowest BCUT2D eigenvalue weighted by atomic mass is 9.92. The molecule has 0 bridgehead atoms. The summed E-state index contributed by atoms with van der Waals surface area (Å²) in [5.41, 5.74) is 3.12. The summed E-state index contributed by atoms with van der Waals surface area (Å²) in [7, 11) is 0. The highest BCUT2D eigenvalue weighted by molar-refractivity contribution is 5.23. The molecule has 1 aliphatic rings. The van der Waals surface area contributed by atoms with Gasteiger partial charge in [-0.2, -0.15) is 0 Å². The van der Waals surface area contributed by atoms with Gasteiger partial charge >= 0.3 is 0 Å². The molecule has 0 saturated heterocycles. The molecule has 0 amide bonds. The molecule has 1 rings (SSSR count).